The molecular weight excluding hydrogens is 146 g/mol. The number of aliphatic imine (C=N–C) groups is 1. The van der Waals surface area contributed by atoms with Crippen molar-refractivity contribution in [3.05, 3.63) is 12.3 Å². The molecule has 0 radical (unpaired) electrons. The van der Waals surface area contributed by atoms with Crippen LogP contribution in [0.5, 0.6) is 0 Å². The Labute approximate surface area is 77.6 Å². The Kier molecular flexibility index (Phi) is 12.1. The first-order valence-electron chi connectivity index (χ1n) is 4.87. The fourth-order valence-electron chi connectivity index (χ4n) is 0.615. The molecule has 0 aromatic rings. The molecule has 0 heterocycles. The molecule has 0 N–H and O–H groups in total. The van der Waals surface area contributed by atoms with Gasteiger partial charge in [0.25, 0.3) is 0 Å². The first-order valence-corrected chi connectivity index (χ1v) is 4.87. The van der Waals surface area contributed by atoms with Crippen molar-refractivity contribution in [3.8, 4) is 0 Å². The molecule has 0 spiro atoms. The third-order valence-electron chi connectivity index (χ3n) is 1.75. The Morgan fingerprint density at radius 2 is 1.92 bits per heavy atom. The molecule has 0 amide bonds. The van der Waals surface area contributed by atoms with Crippen molar-refractivity contribution >= 4 is 5.71 Å². The molecule has 0 aliphatic heterocycles. The smallest absolute Gasteiger partial charge is 0.0224 e. The quantitative estimate of drug-likeness (QED) is 0.565. The van der Waals surface area contributed by atoms with Gasteiger partial charge in [0.05, 0.1) is 0 Å². The van der Waals surface area contributed by atoms with Gasteiger partial charge < -0.3 is 0 Å². The van der Waals surface area contributed by atoms with E-state index in [1.807, 2.05) is 33.0 Å². The summed E-state index contributed by atoms with van der Waals surface area (Å²) in [5.74, 6) is 0.621. The van der Waals surface area contributed by atoms with Gasteiger partial charge in [0.1, 0.15) is 0 Å². The Morgan fingerprint density at radius 1 is 1.42 bits per heavy atom. The number of allylic oxidation sites excluding steroid dienone is 1. The summed E-state index contributed by atoms with van der Waals surface area (Å²) >= 11 is 0. The number of hydrogen-bond acceptors (Lipinski definition) is 1. The molecule has 1 nitrogen and oxygen atoms in total. The monoisotopic (exact) mass is 169 g/mol. The summed E-state index contributed by atoms with van der Waals surface area (Å²) in [4.78, 5) is 4.25. The second-order valence-electron chi connectivity index (χ2n) is 2.56. The molecule has 0 aliphatic rings. The van der Waals surface area contributed by atoms with Crippen molar-refractivity contribution in [1.29, 1.82) is 0 Å². The minimum atomic E-state index is 0.621. The van der Waals surface area contributed by atoms with Crippen LogP contribution in [0.4, 0.5) is 0 Å². The molecule has 1 atom stereocenters. The van der Waals surface area contributed by atoms with E-state index < -0.39 is 0 Å². The molecule has 0 bridgehead atoms. The second-order valence-corrected chi connectivity index (χ2v) is 2.56. The molecule has 12 heavy (non-hydrogen) atoms. The first kappa shape index (κ1) is 14.0. The summed E-state index contributed by atoms with van der Waals surface area (Å²) in [7, 11) is 0. The molecule has 1 heteroatoms. The van der Waals surface area contributed by atoms with E-state index in [1.165, 1.54) is 12.1 Å². The molecule has 72 valence electrons. The van der Waals surface area contributed by atoms with E-state index in [0.29, 0.717) is 5.92 Å². The van der Waals surface area contributed by atoms with E-state index in [2.05, 4.69) is 25.8 Å². The summed E-state index contributed by atoms with van der Waals surface area (Å²) in [6.45, 7) is 12.4. The van der Waals surface area contributed by atoms with E-state index in [0.717, 1.165) is 0 Å². The van der Waals surface area contributed by atoms with Crippen LogP contribution in [0.2, 0.25) is 0 Å². The third kappa shape index (κ3) is 7.52. The van der Waals surface area contributed by atoms with Gasteiger partial charge in [-0.25, -0.2) is 0 Å². The van der Waals surface area contributed by atoms with Crippen LogP contribution in [0.3, 0.4) is 0 Å². The van der Waals surface area contributed by atoms with Gasteiger partial charge in [-0.2, -0.15) is 0 Å². The van der Waals surface area contributed by atoms with Crippen molar-refractivity contribution in [2.45, 2.75) is 48.0 Å². The van der Waals surface area contributed by atoms with Gasteiger partial charge in [0.2, 0.25) is 0 Å². The maximum Gasteiger partial charge on any atom is 0.0224 e. The lowest BCUT2D eigenvalue weighted by Crippen LogP contribution is -2.03. The minimum absolute atomic E-state index is 0.621. The Hall–Kier alpha value is -0.590. The molecule has 0 fully saturated rings. The summed E-state index contributed by atoms with van der Waals surface area (Å²) in [5, 5.41) is 0. The predicted octanol–water partition coefficient (Wildman–Crippen LogP) is 4.05. The zero-order chi connectivity index (χ0) is 9.98. The van der Waals surface area contributed by atoms with Crippen LogP contribution in [0, 0.1) is 5.92 Å². The number of hydrogen-bond donors (Lipinski definition) is 0. The number of nitrogens with zero attached hydrogens (tertiary/aromatic N) is 1. The Morgan fingerprint density at radius 3 is 2.25 bits per heavy atom. The van der Waals surface area contributed by atoms with Crippen LogP contribution >= 0.6 is 0 Å². The minimum Gasteiger partial charge on any atom is -0.266 e. The van der Waals surface area contributed by atoms with Gasteiger partial charge in [-0.1, -0.05) is 33.8 Å². The molecule has 0 aromatic heterocycles. The van der Waals surface area contributed by atoms with Crippen LogP contribution in [-0.4, -0.2) is 5.71 Å². The second kappa shape index (κ2) is 10.4. The molecule has 0 aromatic carbocycles. The summed E-state index contributed by atoms with van der Waals surface area (Å²) in [6, 6.07) is 0. The lowest BCUT2D eigenvalue weighted by Gasteiger charge is -2.05. The van der Waals surface area contributed by atoms with E-state index in [-0.39, 0.29) is 0 Å². The van der Waals surface area contributed by atoms with Gasteiger partial charge in [-0.15, -0.1) is 0 Å². The zero-order valence-corrected chi connectivity index (χ0v) is 9.39. The van der Waals surface area contributed by atoms with E-state index in [4.69, 9.17) is 0 Å². The largest absolute Gasteiger partial charge is 0.266 e. The lowest BCUT2D eigenvalue weighted by molar-refractivity contribution is 0.736. The van der Waals surface area contributed by atoms with Crippen LogP contribution in [-0.2, 0) is 0 Å². The first-order chi connectivity index (χ1) is 5.72. The Balaban J connectivity index is 0. The highest BCUT2D eigenvalue weighted by Gasteiger charge is 1.99. The molecule has 1 unspecified atom stereocenters. The average molecular weight is 169 g/mol. The van der Waals surface area contributed by atoms with E-state index in [9.17, 15) is 0 Å². The molecule has 0 rings (SSSR count). The van der Waals surface area contributed by atoms with Crippen molar-refractivity contribution in [1.82, 2.24) is 0 Å². The molecule has 0 saturated carbocycles. The van der Waals surface area contributed by atoms with Crippen LogP contribution < -0.4 is 0 Å². The van der Waals surface area contributed by atoms with Gasteiger partial charge in [-0.05, 0) is 26.2 Å². The fourth-order valence-corrected chi connectivity index (χ4v) is 0.615. The summed E-state index contributed by atoms with van der Waals surface area (Å²) in [6.07, 6.45) is 4.97. The molecule has 0 aliphatic carbocycles. The highest BCUT2D eigenvalue weighted by molar-refractivity contribution is 5.84. The topological polar surface area (TPSA) is 12.4 Å². The fraction of sp³-hybridized carbons (Fsp3) is 0.727. The zero-order valence-electron chi connectivity index (χ0n) is 9.39. The lowest BCUT2D eigenvalue weighted by atomic mass is 10.0. The van der Waals surface area contributed by atoms with Gasteiger partial charge >= 0.3 is 0 Å². The highest BCUT2D eigenvalue weighted by atomic mass is 14.7. The number of rotatable bonds is 3. The summed E-state index contributed by atoms with van der Waals surface area (Å²) in [5.41, 5.74) is 1.22. The van der Waals surface area contributed by atoms with Crippen LogP contribution in [0.1, 0.15) is 48.0 Å². The van der Waals surface area contributed by atoms with Crippen molar-refractivity contribution in [2.75, 3.05) is 0 Å². The molecular formula is C11H23N. The maximum atomic E-state index is 4.25. The average Bonchev–Trinajstić information content (AvgIpc) is 2.16. The van der Waals surface area contributed by atoms with Gasteiger partial charge in [0, 0.05) is 11.9 Å². The van der Waals surface area contributed by atoms with E-state index >= 15 is 0 Å². The van der Waals surface area contributed by atoms with Crippen molar-refractivity contribution in [2.24, 2.45) is 10.9 Å². The highest BCUT2D eigenvalue weighted by Crippen LogP contribution is 2.03. The standard InChI is InChI=1S/C9H17N.C2H6/c1-5-7-10-9(4)8(3)6-2;1-2/h5,7-8H,6H2,1-4H3;1-2H3/b7-5-,10-9?;. The third-order valence-corrected chi connectivity index (χ3v) is 1.75. The summed E-state index contributed by atoms with van der Waals surface area (Å²) < 4.78 is 0. The predicted molar refractivity (Wildman–Crippen MR) is 58.7 cm³/mol. The van der Waals surface area contributed by atoms with Crippen molar-refractivity contribution < 1.29 is 0 Å². The van der Waals surface area contributed by atoms with Crippen molar-refractivity contribution in [3.63, 3.8) is 0 Å². The normalized spacial score (nSPS) is 14.0. The van der Waals surface area contributed by atoms with Gasteiger partial charge in [0.15, 0.2) is 0 Å². The van der Waals surface area contributed by atoms with Crippen LogP contribution in [0.25, 0.3) is 0 Å². The maximum absolute atomic E-state index is 4.25. The van der Waals surface area contributed by atoms with Crippen LogP contribution in [0.15, 0.2) is 17.3 Å². The molecule has 0 saturated heterocycles. The SMILES string of the molecule is C/C=C\N=C(C)C(C)CC.CC. The van der Waals surface area contributed by atoms with E-state index in [1.54, 1.807) is 0 Å². The van der Waals surface area contributed by atoms with Gasteiger partial charge in [-0.3, -0.25) is 4.99 Å². The Bertz CT molecular complexity index is 134.